The molecule has 5 aromatic rings. The van der Waals surface area contributed by atoms with E-state index in [1.165, 1.54) is 49.2 Å². The molecule has 6 aliphatic rings. The van der Waals surface area contributed by atoms with Crippen LogP contribution in [0.25, 0.3) is 27.5 Å². The van der Waals surface area contributed by atoms with Crippen LogP contribution in [0.3, 0.4) is 0 Å². The van der Waals surface area contributed by atoms with E-state index in [1.54, 1.807) is 0 Å². The molecule has 0 amide bonds. The molecule has 2 bridgehead atoms. The van der Waals surface area contributed by atoms with Crippen LogP contribution < -0.4 is 26.4 Å². The van der Waals surface area contributed by atoms with Crippen LogP contribution in [0.5, 0.6) is 11.5 Å². The number of hydrogen-bond donors (Lipinski definition) is 0. The molecule has 4 saturated heterocycles. The summed E-state index contributed by atoms with van der Waals surface area (Å²) in [6.45, 7) is 0.0763. The first-order valence-electron chi connectivity index (χ1n) is 12.1. The van der Waals surface area contributed by atoms with Crippen LogP contribution in [0, 0.1) is 0 Å². The second kappa shape index (κ2) is 5.65. The molecular weight excluding hydrogens is 563 g/mol. The van der Waals surface area contributed by atoms with Gasteiger partial charge < -0.3 is 0 Å². The molecule has 0 aliphatic carbocycles. The van der Waals surface area contributed by atoms with Crippen molar-refractivity contribution >= 4 is 104 Å². The summed E-state index contributed by atoms with van der Waals surface area (Å²) >= 11 is -1.60. The Bertz CT molecular complexity index is 1890. The van der Waals surface area contributed by atoms with Crippen LogP contribution in [0.2, 0.25) is 0 Å². The standard InChI is InChI=1S/C24H13B5FIN2OP/c30-31-32-35(27-25-28(35)29(27)35)21-13-5-12-20-23(21)26-16-8-3-7-15-14-6-1-2-9-17(14)33(24(15)16)18-10-4-11-19(34-20)22(18)26/h1-13H/q-1. The molecule has 11 heteroatoms. The fourth-order valence-corrected chi connectivity index (χ4v) is 19.9. The minimum absolute atomic E-state index is 0.0763. The van der Waals surface area contributed by atoms with Crippen LogP contribution in [0.4, 0.5) is 2.86 Å². The maximum atomic E-state index is 14.0. The van der Waals surface area contributed by atoms with Crippen molar-refractivity contribution < 1.29 is 7.60 Å². The molecular formula is C24H13B5FIN2OP-. The van der Waals surface area contributed by atoms with Gasteiger partial charge in [0.25, 0.3) is 0 Å². The number of nitrogens with zero attached hydrogens (tertiary/aromatic N) is 2. The Morgan fingerprint density at radius 2 is 1.60 bits per heavy atom. The fraction of sp³-hybridized carbons (Fsp3) is 0. The van der Waals surface area contributed by atoms with Gasteiger partial charge in [0, 0.05) is 0 Å². The minimum atomic E-state index is -2.47. The van der Waals surface area contributed by atoms with Crippen LogP contribution >= 0.6 is 28.0 Å². The third kappa shape index (κ3) is 1.71. The van der Waals surface area contributed by atoms with E-state index in [4.69, 9.17) is 7.65 Å². The summed E-state index contributed by atoms with van der Waals surface area (Å²) in [6.07, 6.45) is -0.764. The maximum absolute atomic E-state index is 14.0. The van der Waals surface area contributed by atoms with Gasteiger partial charge in [0.2, 0.25) is 0 Å². The number of halogens is 2. The molecule has 0 atom stereocenters. The predicted molar refractivity (Wildman–Crippen MR) is 159 cm³/mol. The quantitative estimate of drug-likeness (QED) is 0.175. The van der Waals surface area contributed by atoms with Gasteiger partial charge in [-0.15, -0.1) is 0 Å². The van der Waals surface area contributed by atoms with Gasteiger partial charge in [0.05, 0.1) is 0 Å². The van der Waals surface area contributed by atoms with E-state index in [1.807, 2.05) is 0 Å². The summed E-state index contributed by atoms with van der Waals surface area (Å²) in [7, 11) is 2.44. The summed E-state index contributed by atoms with van der Waals surface area (Å²) in [5.41, 5.74) is 7.52. The third-order valence-corrected chi connectivity index (χ3v) is 19.6. The van der Waals surface area contributed by atoms with Gasteiger partial charge in [0.1, 0.15) is 0 Å². The summed E-state index contributed by atoms with van der Waals surface area (Å²) in [5.74, 6) is 1.86. The normalized spacial score (nSPS) is 21.3. The molecule has 11 rings (SSSR count). The Balaban J connectivity index is 1.38. The molecule has 4 aromatic carbocycles. The van der Waals surface area contributed by atoms with Crippen molar-refractivity contribution in [3.8, 4) is 17.2 Å². The zero-order valence-electron chi connectivity index (χ0n) is 18.4. The average Bonchev–Trinajstić information content (AvgIpc) is 3.46. The Morgan fingerprint density at radius 1 is 0.857 bits per heavy atom. The zero-order valence-corrected chi connectivity index (χ0v) is 21.5. The Kier molecular flexibility index (Phi) is 3.05. The van der Waals surface area contributed by atoms with Crippen molar-refractivity contribution in [1.29, 1.82) is 0 Å². The van der Waals surface area contributed by atoms with Crippen molar-refractivity contribution in [2.45, 2.75) is 0 Å². The molecule has 1 aromatic heterocycles. The predicted octanol–water partition coefficient (Wildman–Crippen LogP) is 3.72. The Labute approximate surface area is 214 Å². The number of rotatable bonds is 2. The van der Waals surface area contributed by atoms with E-state index >= 15 is 0 Å². The topological polar surface area (TPSA) is 26.5 Å². The molecule has 6 aliphatic heterocycles. The SMILES string of the molecule is FI=NP12(c3cccc4c3B3c5c(cccc5-n5c6ccccc6c6cccc3c65)O4)B3[B-]B1B32. The number of aromatic nitrogens is 1. The van der Waals surface area contributed by atoms with E-state index in [-0.39, 0.29) is 6.71 Å². The number of ether oxygens (including phenoxy) is 1. The molecule has 4 fully saturated rings. The Morgan fingerprint density at radius 3 is 2.40 bits per heavy atom. The van der Waals surface area contributed by atoms with Gasteiger partial charge in [0.15, 0.2) is 0 Å². The average molecular weight is 576 g/mol. The monoisotopic (exact) mass is 577 g/mol. The second-order valence-corrected chi connectivity index (χ2v) is 17.2. The summed E-state index contributed by atoms with van der Waals surface area (Å²) in [4.78, 5) is 0. The van der Waals surface area contributed by atoms with Crippen molar-refractivity contribution in [3.05, 3.63) is 78.9 Å². The third-order valence-electron chi connectivity index (χ3n) is 9.68. The van der Waals surface area contributed by atoms with Gasteiger partial charge in [-0.25, -0.2) is 0 Å². The van der Waals surface area contributed by atoms with Crippen LogP contribution in [0.15, 0.2) is 81.8 Å². The molecule has 0 unspecified atom stereocenters. The van der Waals surface area contributed by atoms with Crippen LogP contribution in [-0.4, -0.2) is 37.0 Å². The number of para-hydroxylation sites is 2. The molecule has 0 spiro atoms. The van der Waals surface area contributed by atoms with E-state index in [2.05, 4.69) is 90.5 Å². The van der Waals surface area contributed by atoms with Crippen LogP contribution in [-0.2, 0) is 0 Å². The van der Waals surface area contributed by atoms with Crippen molar-refractivity contribution in [2.75, 3.05) is 0 Å². The molecule has 7 heterocycles. The Hall–Kier alpha value is -2.31. The van der Waals surface area contributed by atoms with E-state index in [9.17, 15) is 2.86 Å². The summed E-state index contributed by atoms with van der Waals surface area (Å²) in [6, 6.07) is 28.4. The van der Waals surface area contributed by atoms with E-state index in [0.717, 1.165) is 11.5 Å². The van der Waals surface area contributed by atoms with E-state index in [0.29, 0.717) is 18.6 Å². The molecule has 3 nitrogen and oxygen atoms in total. The van der Waals surface area contributed by atoms with Gasteiger partial charge in [-0.3, -0.25) is 0 Å². The number of fused-ring (bicyclic) bond motifs is 7. The van der Waals surface area contributed by atoms with Gasteiger partial charge in [-0.05, 0) is 0 Å². The molecule has 0 saturated carbocycles. The van der Waals surface area contributed by atoms with Crippen LogP contribution in [0.1, 0.15) is 0 Å². The fourth-order valence-electron chi connectivity index (χ4n) is 8.15. The first kappa shape index (κ1) is 18.9. The van der Waals surface area contributed by atoms with Gasteiger partial charge in [-0.1, -0.05) is 0 Å². The molecule has 160 valence electrons. The molecule has 35 heavy (non-hydrogen) atoms. The number of benzene rings is 4. The van der Waals surface area contributed by atoms with Gasteiger partial charge >= 0.3 is 215 Å². The first-order chi connectivity index (χ1) is 17.3. The van der Waals surface area contributed by atoms with Crippen molar-refractivity contribution in [2.24, 2.45) is 2.92 Å². The van der Waals surface area contributed by atoms with E-state index < -0.39 is 28.0 Å². The van der Waals surface area contributed by atoms with Crippen molar-refractivity contribution in [1.82, 2.24) is 4.57 Å². The van der Waals surface area contributed by atoms with Crippen molar-refractivity contribution in [3.63, 3.8) is 0 Å². The molecule has 2 radical (unpaired) electrons. The summed E-state index contributed by atoms with van der Waals surface area (Å²) < 4.78 is 28.1. The molecule has 0 N–H and O–H groups in total. The number of hydrogen-bond acceptors (Lipinski definition) is 2. The van der Waals surface area contributed by atoms with Gasteiger partial charge in [-0.2, -0.15) is 0 Å². The zero-order chi connectivity index (χ0) is 22.7. The second-order valence-electron chi connectivity index (χ2n) is 10.6. The summed E-state index contributed by atoms with van der Waals surface area (Å²) in [5, 5.41) is 3.91. The first-order valence-corrected chi connectivity index (χ1v) is 16.3.